The van der Waals surface area contributed by atoms with Gasteiger partial charge >= 0.3 is 5.97 Å². The van der Waals surface area contributed by atoms with E-state index in [1.165, 1.54) is 22.8 Å². The van der Waals surface area contributed by atoms with E-state index < -0.39 is 16.0 Å². The highest BCUT2D eigenvalue weighted by Gasteiger charge is 2.23. The first kappa shape index (κ1) is 15.6. The molecule has 2 aromatic heterocycles. The van der Waals surface area contributed by atoms with E-state index in [0.29, 0.717) is 13.0 Å². The number of sulfonamides is 1. The Bertz CT molecular complexity index is 726. The molecule has 0 unspecified atom stereocenters. The Hall–Kier alpha value is -1.77. The third kappa shape index (κ3) is 3.66. The SMILES string of the molecule is CN(CCc1ccncc1)S(=O)(=O)c1cc(C(=O)O)cs1. The van der Waals surface area contributed by atoms with Crippen molar-refractivity contribution < 1.29 is 18.3 Å². The van der Waals surface area contributed by atoms with E-state index in [2.05, 4.69) is 4.98 Å². The third-order valence-corrected chi connectivity index (χ3v) is 6.22. The molecule has 0 bridgehead atoms. The Kier molecular flexibility index (Phi) is 4.71. The molecule has 2 aromatic rings. The highest BCUT2D eigenvalue weighted by molar-refractivity contribution is 7.91. The van der Waals surface area contributed by atoms with E-state index in [1.54, 1.807) is 12.4 Å². The number of carboxylic acids is 1. The van der Waals surface area contributed by atoms with Crippen molar-refractivity contribution in [2.75, 3.05) is 13.6 Å². The Morgan fingerprint density at radius 2 is 2.05 bits per heavy atom. The first-order valence-corrected chi connectivity index (χ1v) is 8.40. The van der Waals surface area contributed by atoms with Crippen LogP contribution >= 0.6 is 11.3 Å². The van der Waals surface area contributed by atoms with Crippen molar-refractivity contribution in [2.45, 2.75) is 10.6 Å². The number of thiophene rings is 1. The standard InChI is InChI=1S/C13H14N2O4S2/c1-15(7-4-10-2-5-14-6-3-10)21(18,19)12-8-11(9-20-12)13(16)17/h2-3,5-6,8-9H,4,7H2,1H3,(H,16,17). The number of carbonyl (C=O) groups is 1. The van der Waals surface area contributed by atoms with Gasteiger partial charge in [0.15, 0.2) is 0 Å². The molecule has 8 heteroatoms. The third-order valence-electron chi connectivity index (χ3n) is 2.95. The van der Waals surface area contributed by atoms with Crippen LogP contribution in [0.1, 0.15) is 15.9 Å². The summed E-state index contributed by atoms with van der Waals surface area (Å²) in [6.45, 7) is 0.312. The van der Waals surface area contributed by atoms with Crippen molar-refractivity contribution in [3.63, 3.8) is 0 Å². The molecule has 112 valence electrons. The second-order valence-electron chi connectivity index (χ2n) is 4.39. The molecule has 21 heavy (non-hydrogen) atoms. The molecule has 0 aliphatic heterocycles. The van der Waals surface area contributed by atoms with Crippen LogP contribution in [0.3, 0.4) is 0 Å². The fourth-order valence-electron chi connectivity index (χ4n) is 1.67. The van der Waals surface area contributed by atoms with Crippen LogP contribution in [0.4, 0.5) is 0 Å². The summed E-state index contributed by atoms with van der Waals surface area (Å²) < 4.78 is 25.9. The molecule has 1 N–H and O–H groups in total. The molecule has 0 aromatic carbocycles. The molecule has 0 saturated carbocycles. The van der Waals surface area contributed by atoms with Gasteiger partial charge in [0.25, 0.3) is 10.0 Å². The summed E-state index contributed by atoms with van der Waals surface area (Å²) in [7, 11) is -2.17. The number of aromatic nitrogens is 1. The van der Waals surface area contributed by atoms with Gasteiger partial charge in [-0.15, -0.1) is 11.3 Å². The lowest BCUT2D eigenvalue weighted by Crippen LogP contribution is -2.28. The van der Waals surface area contributed by atoms with Gasteiger partial charge in [0.2, 0.25) is 0 Å². The second kappa shape index (κ2) is 6.33. The van der Waals surface area contributed by atoms with Crippen molar-refractivity contribution in [1.29, 1.82) is 0 Å². The zero-order valence-electron chi connectivity index (χ0n) is 11.3. The number of likely N-dealkylation sites (N-methyl/N-ethyl adjacent to an activating group) is 1. The lowest BCUT2D eigenvalue weighted by atomic mass is 10.2. The van der Waals surface area contributed by atoms with E-state index >= 15 is 0 Å². The van der Waals surface area contributed by atoms with Crippen molar-refractivity contribution >= 4 is 27.3 Å². The van der Waals surface area contributed by atoms with E-state index in [-0.39, 0.29) is 9.77 Å². The number of carboxylic acid groups (broad SMARTS) is 1. The Morgan fingerprint density at radius 3 is 2.62 bits per heavy atom. The topological polar surface area (TPSA) is 87.6 Å². The largest absolute Gasteiger partial charge is 0.478 e. The Morgan fingerprint density at radius 1 is 1.38 bits per heavy atom. The van der Waals surface area contributed by atoms with Gasteiger partial charge in [-0.1, -0.05) is 0 Å². The number of hydrogen-bond acceptors (Lipinski definition) is 5. The maximum absolute atomic E-state index is 12.3. The van der Waals surface area contributed by atoms with Crippen LogP contribution in [0.2, 0.25) is 0 Å². The molecule has 0 radical (unpaired) electrons. The fraction of sp³-hybridized carbons (Fsp3) is 0.231. The monoisotopic (exact) mass is 326 g/mol. The van der Waals surface area contributed by atoms with Crippen LogP contribution in [0.15, 0.2) is 40.2 Å². The summed E-state index contributed by atoms with van der Waals surface area (Å²) >= 11 is 0.914. The summed E-state index contributed by atoms with van der Waals surface area (Å²) in [6.07, 6.45) is 3.87. The number of rotatable bonds is 6. The minimum Gasteiger partial charge on any atom is -0.478 e. The molecular formula is C13H14N2O4S2. The first-order valence-electron chi connectivity index (χ1n) is 6.08. The molecule has 0 aliphatic rings. The summed E-state index contributed by atoms with van der Waals surface area (Å²) in [6, 6.07) is 4.84. The van der Waals surface area contributed by atoms with Gasteiger partial charge < -0.3 is 5.11 Å². The molecule has 0 amide bonds. The quantitative estimate of drug-likeness (QED) is 0.873. The Labute approximate surface area is 126 Å². The maximum atomic E-state index is 12.3. The highest BCUT2D eigenvalue weighted by atomic mass is 32.2. The van der Waals surface area contributed by atoms with E-state index in [4.69, 9.17) is 5.11 Å². The van der Waals surface area contributed by atoms with Gasteiger partial charge in [-0.25, -0.2) is 13.2 Å². The van der Waals surface area contributed by atoms with Crippen LogP contribution in [-0.4, -0.2) is 42.4 Å². The molecule has 0 atom stereocenters. The van der Waals surface area contributed by atoms with Gasteiger partial charge in [0.05, 0.1) is 5.56 Å². The summed E-state index contributed by atoms with van der Waals surface area (Å²) in [5, 5.41) is 10.2. The van der Waals surface area contributed by atoms with Gasteiger partial charge in [0, 0.05) is 31.4 Å². The lowest BCUT2D eigenvalue weighted by molar-refractivity contribution is 0.0697. The van der Waals surface area contributed by atoms with E-state index in [9.17, 15) is 13.2 Å². The summed E-state index contributed by atoms with van der Waals surface area (Å²) in [5.74, 6) is -1.13. The smallest absolute Gasteiger partial charge is 0.336 e. The molecule has 0 aliphatic carbocycles. The van der Waals surface area contributed by atoms with Crippen LogP contribution in [0.25, 0.3) is 0 Å². The fourth-order valence-corrected chi connectivity index (χ4v) is 4.21. The summed E-state index contributed by atoms with van der Waals surface area (Å²) in [4.78, 5) is 14.7. The van der Waals surface area contributed by atoms with Gasteiger partial charge in [-0.3, -0.25) is 4.98 Å². The van der Waals surface area contributed by atoms with E-state index in [0.717, 1.165) is 16.9 Å². The van der Waals surface area contributed by atoms with Crippen molar-refractivity contribution in [3.05, 3.63) is 47.1 Å². The molecule has 0 fully saturated rings. The van der Waals surface area contributed by atoms with Crippen molar-refractivity contribution in [1.82, 2.24) is 9.29 Å². The van der Waals surface area contributed by atoms with Gasteiger partial charge in [-0.05, 0) is 30.2 Å². The van der Waals surface area contributed by atoms with Crippen LogP contribution in [0, 0.1) is 0 Å². The highest BCUT2D eigenvalue weighted by Crippen LogP contribution is 2.23. The number of pyridine rings is 1. The predicted molar refractivity (Wildman–Crippen MR) is 79.0 cm³/mol. The van der Waals surface area contributed by atoms with Crippen LogP contribution < -0.4 is 0 Å². The summed E-state index contributed by atoms with van der Waals surface area (Å²) in [5.41, 5.74) is 0.977. The zero-order chi connectivity index (χ0) is 15.5. The first-order chi connectivity index (χ1) is 9.91. The zero-order valence-corrected chi connectivity index (χ0v) is 12.9. The average molecular weight is 326 g/mol. The molecule has 0 saturated heterocycles. The van der Waals surface area contributed by atoms with Gasteiger partial charge in [-0.2, -0.15) is 4.31 Å². The lowest BCUT2D eigenvalue weighted by Gasteiger charge is -2.15. The Balaban J connectivity index is 2.09. The minimum atomic E-state index is -3.65. The van der Waals surface area contributed by atoms with E-state index in [1.807, 2.05) is 12.1 Å². The molecule has 0 spiro atoms. The number of nitrogens with zero attached hydrogens (tertiary/aromatic N) is 2. The molecule has 2 heterocycles. The minimum absolute atomic E-state index is 0.0129. The normalized spacial score (nSPS) is 11.7. The number of aromatic carboxylic acids is 1. The second-order valence-corrected chi connectivity index (χ2v) is 7.57. The van der Waals surface area contributed by atoms with Crippen LogP contribution in [0.5, 0.6) is 0 Å². The van der Waals surface area contributed by atoms with Crippen LogP contribution in [-0.2, 0) is 16.4 Å². The molecule has 2 rings (SSSR count). The molecular weight excluding hydrogens is 312 g/mol. The number of hydrogen-bond donors (Lipinski definition) is 1. The predicted octanol–water partition coefficient (Wildman–Crippen LogP) is 1.70. The van der Waals surface area contributed by atoms with Crippen molar-refractivity contribution in [3.8, 4) is 0 Å². The van der Waals surface area contributed by atoms with Gasteiger partial charge in [0.1, 0.15) is 4.21 Å². The molecule has 6 nitrogen and oxygen atoms in total. The average Bonchev–Trinajstić information content (AvgIpc) is 2.96. The van der Waals surface area contributed by atoms with Crippen molar-refractivity contribution in [2.24, 2.45) is 0 Å². The maximum Gasteiger partial charge on any atom is 0.336 e.